The van der Waals surface area contributed by atoms with Crippen molar-refractivity contribution in [3.8, 4) is 23.0 Å². The van der Waals surface area contributed by atoms with Gasteiger partial charge in [-0.25, -0.2) is 0 Å². The molecule has 0 bridgehead atoms. The van der Waals surface area contributed by atoms with Gasteiger partial charge in [0.05, 0.1) is 25.1 Å². The summed E-state index contributed by atoms with van der Waals surface area (Å²) in [6.45, 7) is 7.70. The van der Waals surface area contributed by atoms with Gasteiger partial charge in [0.2, 0.25) is 6.79 Å². The molecule has 1 aliphatic rings. The van der Waals surface area contributed by atoms with Gasteiger partial charge in [0.25, 0.3) is 5.56 Å². The Balaban J connectivity index is 1.88. The molecule has 0 saturated carbocycles. The summed E-state index contributed by atoms with van der Waals surface area (Å²) in [5.74, 6) is 2.56. The fourth-order valence-corrected chi connectivity index (χ4v) is 4.73. The summed E-state index contributed by atoms with van der Waals surface area (Å²) in [5.41, 5.74) is 0.846. The maximum absolute atomic E-state index is 13.9. The van der Waals surface area contributed by atoms with E-state index in [4.69, 9.17) is 18.9 Å². The highest BCUT2D eigenvalue weighted by molar-refractivity contribution is 6.16. The van der Waals surface area contributed by atoms with E-state index in [1.54, 1.807) is 20.3 Å². The predicted molar refractivity (Wildman–Crippen MR) is 130 cm³/mol. The minimum atomic E-state index is -0.0456. The summed E-state index contributed by atoms with van der Waals surface area (Å²) in [6, 6.07) is 11.8. The number of rotatable bonds is 7. The number of ether oxygens (including phenoxy) is 4. The predicted octanol–water partition coefficient (Wildman–Crippen LogP) is 4.40. The molecule has 0 unspecified atom stereocenters. The Hall–Kier alpha value is -3.45. The van der Waals surface area contributed by atoms with Crippen LogP contribution in [0, 0.1) is 0 Å². The van der Waals surface area contributed by atoms with Crippen molar-refractivity contribution in [1.29, 1.82) is 0 Å². The fourth-order valence-electron chi connectivity index (χ4n) is 4.73. The molecule has 0 spiro atoms. The number of methoxy groups -OCH3 is 2. The maximum Gasteiger partial charge on any atom is 0.259 e. The second-order valence-corrected chi connectivity index (χ2v) is 8.12. The van der Waals surface area contributed by atoms with Gasteiger partial charge in [-0.3, -0.25) is 4.79 Å². The molecule has 4 aromatic rings. The summed E-state index contributed by atoms with van der Waals surface area (Å²) in [5, 5.41) is 4.40. The zero-order chi connectivity index (χ0) is 23.1. The highest BCUT2D eigenvalue weighted by Gasteiger charge is 2.20. The molecule has 0 atom stereocenters. The molecule has 1 aromatic heterocycles. The number of hydrogen-bond acceptors (Lipinski definition) is 6. The largest absolute Gasteiger partial charge is 0.493 e. The number of fused-ring (bicyclic) bond motifs is 6. The van der Waals surface area contributed by atoms with Crippen molar-refractivity contribution < 1.29 is 18.9 Å². The van der Waals surface area contributed by atoms with Crippen LogP contribution in [0.1, 0.15) is 13.8 Å². The van der Waals surface area contributed by atoms with Crippen LogP contribution in [0.25, 0.3) is 32.4 Å². The quantitative estimate of drug-likeness (QED) is 0.391. The van der Waals surface area contributed by atoms with Crippen LogP contribution in [0.3, 0.4) is 0 Å². The lowest BCUT2D eigenvalue weighted by Crippen LogP contribution is -2.31. The molecule has 0 saturated heterocycles. The van der Waals surface area contributed by atoms with E-state index < -0.39 is 0 Å². The molecule has 7 nitrogen and oxygen atoms in total. The first-order valence-corrected chi connectivity index (χ1v) is 11.3. The average Bonchev–Trinajstić information content (AvgIpc) is 3.31. The molecular formula is C26H28N2O5. The van der Waals surface area contributed by atoms with Crippen LogP contribution in [0.2, 0.25) is 0 Å². The van der Waals surface area contributed by atoms with Crippen molar-refractivity contribution in [3.63, 3.8) is 0 Å². The van der Waals surface area contributed by atoms with E-state index in [9.17, 15) is 4.79 Å². The lowest BCUT2D eigenvalue weighted by molar-refractivity contribution is 0.174. The highest BCUT2D eigenvalue weighted by Crippen LogP contribution is 2.41. The Bertz CT molecular complexity index is 1420. The fraction of sp³-hybridized carbons (Fsp3) is 0.346. The first kappa shape index (κ1) is 21.4. The smallest absolute Gasteiger partial charge is 0.259 e. The van der Waals surface area contributed by atoms with Gasteiger partial charge in [0, 0.05) is 29.2 Å². The van der Waals surface area contributed by atoms with Crippen molar-refractivity contribution >= 4 is 32.4 Å². The van der Waals surface area contributed by atoms with E-state index >= 15 is 0 Å². The summed E-state index contributed by atoms with van der Waals surface area (Å²) in [4.78, 5) is 16.2. The van der Waals surface area contributed by atoms with Crippen LogP contribution in [-0.4, -0.2) is 50.1 Å². The Morgan fingerprint density at radius 3 is 2.21 bits per heavy atom. The number of benzene rings is 3. The van der Waals surface area contributed by atoms with Crippen LogP contribution < -0.4 is 24.5 Å². The number of hydrogen-bond donors (Lipinski definition) is 0. The second kappa shape index (κ2) is 8.48. The summed E-state index contributed by atoms with van der Waals surface area (Å²) in [7, 11) is 3.19. The van der Waals surface area contributed by atoms with Gasteiger partial charge < -0.3 is 28.4 Å². The minimum absolute atomic E-state index is 0.0456. The molecule has 0 radical (unpaired) electrons. The van der Waals surface area contributed by atoms with Gasteiger partial charge >= 0.3 is 0 Å². The molecule has 5 rings (SSSR count). The SMILES string of the molecule is CCN(CC)CCn1c(=O)c2cc(OC)c(OC)cc2c2ccc3cc4c(cc3c21)OCO4. The van der Waals surface area contributed by atoms with E-state index in [0.717, 1.165) is 52.4 Å². The summed E-state index contributed by atoms with van der Waals surface area (Å²) < 4.78 is 24.2. The lowest BCUT2D eigenvalue weighted by Gasteiger charge is -2.21. The Morgan fingerprint density at radius 2 is 1.55 bits per heavy atom. The Kier molecular flexibility index (Phi) is 5.50. The van der Waals surface area contributed by atoms with Gasteiger partial charge in [-0.05, 0) is 42.7 Å². The highest BCUT2D eigenvalue weighted by atomic mass is 16.7. The topological polar surface area (TPSA) is 62.2 Å². The van der Waals surface area contributed by atoms with Crippen molar-refractivity contribution in [2.24, 2.45) is 0 Å². The van der Waals surface area contributed by atoms with E-state index in [2.05, 4.69) is 30.9 Å². The van der Waals surface area contributed by atoms with Gasteiger partial charge in [-0.2, -0.15) is 0 Å². The first-order chi connectivity index (χ1) is 16.1. The number of pyridine rings is 1. The van der Waals surface area contributed by atoms with Crippen LogP contribution in [0.4, 0.5) is 0 Å². The Labute approximate surface area is 192 Å². The zero-order valence-electron chi connectivity index (χ0n) is 19.4. The lowest BCUT2D eigenvalue weighted by atomic mass is 10.00. The van der Waals surface area contributed by atoms with Crippen molar-refractivity contribution in [2.45, 2.75) is 20.4 Å². The molecule has 0 fully saturated rings. The molecule has 3 aromatic carbocycles. The summed E-state index contributed by atoms with van der Waals surface area (Å²) >= 11 is 0. The average molecular weight is 449 g/mol. The van der Waals surface area contributed by atoms with Gasteiger partial charge in [-0.1, -0.05) is 26.0 Å². The standard InChI is InChI=1S/C26H28N2O5/c1-5-27(6-2)9-10-28-25-17(8-7-16-11-23-24(12-18(16)25)33-15-32-23)19-13-21(30-3)22(31-4)14-20(19)26(28)29/h7-8,11-14H,5-6,9-10,15H2,1-4H3. The molecule has 0 aliphatic carbocycles. The van der Waals surface area contributed by atoms with Crippen LogP contribution >= 0.6 is 0 Å². The third kappa shape index (κ3) is 3.43. The van der Waals surface area contributed by atoms with Crippen molar-refractivity contribution in [2.75, 3.05) is 40.6 Å². The van der Waals surface area contributed by atoms with Gasteiger partial charge in [0.1, 0.15) is 0 Å². The number of likely N-dealkylation sites (N-methyl/N-ethyl adjacent to an activating group) is 1. The van der Waals surface area contributed by atoms with E-state index in [1.807, 2.05) is 22.8 Å². The molecule has 2 heterocycles. The molecule has 0 amide bonds. The first-order valence-electron chi connectivity index (χ1n) is 11.3. The third-order valence-corrected chi connectivity index (χ3v) is 6.58. The van der Waals surface area contributed by atoms with Crippen LogP contribution in [0.15, 0.2) is 41.2 Å². The summed E-state index contributed by atoms with van der Waals surface area (Å²) in [6.07, 6.45) is 0. The van der Waals surface area contributed by atoms with Gasteiger partial charge in [0.15, 0.2) is 23.0 Å². The second-order valence-electron chi connectivity index (χ2n) is 8.12. The monoisotopic (exact) mass is 448 g/mol. The molecule has 172 valence electrons. The normalized spacial score (nSPS) is 12.9. The maximum atomic E-state index is 13.9. The third-order valence-electron chi connectivity index (χ3n) is 6.58. The molecule has 7 heteroatoms. The van der Waals surface area contributed by atoms with E-state index in [1.165, 1.54) is 0 Å². The molecule has 1 aliphatic heterocycles. The van der Waals surface area contributed by atoms with Crippen molar-refractivity contribution in [3.05, 3.63) is 46.8 Å². The van der Waals surface area contributed by atoms with E-state index in [-0.39, 0.29) is 12.4 Å². The molecule has 0 N–H and O–H groups in total. The van der Waals surface area contributed by atoms with Crippen LogP contribution in [-0.2, 0) is 6.54 Å². The molecule has 33 heavy (non-hydrogen) atoms. The molecular weight excluding hydrogens is 420 g/mol. The van der Waals surface area contributed by atoms with Crippen LogP contribution in [0.5, 0.6) is 23.0 Å². The van der Waals surface area contributed by atoms with Gasteiger partial charge in [-0.15, -0.1) is 0 Å². The van der Waals surface area contributed by atoms with Crippen molar-refractivity contribution in [1.82, 2.24) is 9.47 Å². The number of nitrogens with zero attached hydrogens (tertiary/aromatic N) is 2. The zero-order valence-corrected chi connectivity index (χ0v) is 19.4. The number of aromatic nitrogens is 1. The minimum Gasteiger partial charge on any atom is -0.493 e. The van der Waals surface area contributed by atoms with E-state index in [0.29, 0.717) is 29.2 Å². The Morgan fingerprint density at radius 1 is 0.879 bits per heavy atom.